The second-order valence-electron chi connectivity index (χ2n) is 7.89. The van der Waals surface area contributed by atoms with Crippen LogP contribution in [0.2, 0.25) is 0 Å². The number of nitrogens with one attached hydrogen (secondary N) is 2. The zero-order valence-electron chi connectivity index (χ0n) is 15.6. The van der Waals surface area contributed by atoms with Crippen molar-refractivity contribution < 1.29 is 4.79 Å². The zero-order valence-corrected chi connectivity index (χ0v) is 15.6. The van der Waals surface area contributed by atoms with Crippen LogP contribution in [0.4, 0.5) is 0 Å². The Kier molecular flexibility index (Phi) is 6.10. The van der Waals surface area contributed by atoms with E-state index in [0.29, 0.717) is 0 Å². The van der Waals surface area contributed by atoms with Crippen molar-refractivity contribution in [1.29, 1.82) is 0 Å². The second kappa shape index (κ2) is 8.30. The van der Waals surface area contributed by atoms with Crippen LogP contribution in [-0.4, -0.2) is 61.5 Å². The average Bonchev–Trinajstić information content (AvgIpc) is 3.16. The summed E-state index contributed by atoms with van der Waals surface area (Å²) < 4.78 is 0. The van der Waals surface area contributed by atoms with Crippen LogP contribution in [0.25, 0.3) is 0 Å². The topological polar surface area (TPSA) is 47.6 Å². The van der Waals surface area contributed by atoms with Gasteiger partial charge in [-0.3, -0.25) is 20.5 Å². The van der Waals surface area contributed by atoms with Gasteiger partial charge in [0.2, 0.25) is 5.91 Å². The second-order valence-corrected chi connectivity index (χ2v) is 7.89. The molecule has 2 fully saturated rings. The highest BCUT2D eigenvalue weighted by Gasteiger charge is 2.34. The summed E-state index contributed by atoms with van der Waals surface area (Å²) in [5.41, 5.74) is 7.04. The largest absolute Gasteiger partial charge is 0.339 e. The fourth-order valence-electron chi connectivity index (χ4n) is 3.86. The van der Waals surface area contributed by atoms with E-state index in [1.807, 2.05) is 36.9 Å². The lowest BCUT2D eigenvalue weighted by atomic mass is 9.83. The number of carbonyl (C=O) groups is 1. The number of amides is 1. The molecule has 5 nitrogen and oxygen atoms in total. The molecule has 2 aliphatic heterocycles. The van der Waals surface area contributed by atoms with Gasteiger partial charge >= 0.3 is 0 Å². The molecular formula is C20H32N4O. The number of hydrogen-bond acceptors (Lipinski definition) is 4. The third kappa shape index (κ3) is 4.60. The Morgan fingerprint density at radius 3 is 2.36 bits per heavy atom. The Morgan fingerprint density at radius 2 is 1.72 bits per heavy atom. The Labute approximate surface area is 151 Å². The van der Waals surface area contributed by atoms with Crippen molar-refractivity contribution in [3.05, 3.63) is 35.9 Å². The normalized spacial score (nSPS) is 20.2. The van der Waals surface area contributed by atoms with E-state index in [1.165, 1.54) is 12.8 Å². The van der Waals surface area contributed by atoms with Crippen LogP contribution in [0, 0.1) is 5.92 Å². The van der Waals surface area contributed by atoms with Crippen molar-refractivity contribution in [1.82, 2.24) is 20.7 Å². The number of nitrogens with zero attached hydrogens (tertiary/aromatic N) is 2. The van der Waals surface area contributed by atoms with Gasteiger partial charge in [-0.2, -0.15) is 0 Å². The molecule has 1 amide bonds. The predicted octanol–water partition coefficient (Wildman–Crippen LogP) is 1.61. The minimum Gasteiger partial charge on any atom is -0.339 e. The molecule has 25 heavy (non-hydrogen) atoms. The van der Waals surface area contributed by atoms with Crippen LogP contribution in [0.3, 0.4) is 0 Å². The van der Waals surface area contributed by atoms with E-state index < -0.39 is 5.41 Å². The lowest BCUT2D eigenvalue weighted by molar-refractivity contribution is -0.138. The maximum absolute atomic E-state index is 13.0. The van der Waals surface area contributed by atoms with Gasteiger partial charge in [-0.05, 0) is 44.7 Å². The minimum atomic E-state index is -0.452. The standard InChI is InChI=1S/C20H32N4O/c1-20(2,18-8-4-3-5-9-18)19(25)24-13-11-23(12-14-24)10-6-7-17-15-21-22-16-17/h3-5,8-9,17,21-22H,6-7,10-16H2,1-2H3. The lowest BCUT2D eigenvalue weighted by Crippen LogP contribution is -2.53. The first-order valence-corrected chi connectivity index (χ1v) is 9.60. The highest BCUT2D eigenvalue weighted by atomic mass is 16.2. The molecule has 0 unspecified atom stereocenters. The maximum atomic E-state index is 13.0. The third-order valence-corrected chi connectivity index (χ3v) is 5.68. The van der Waals surface area contributed by atoms with Gasteiger partial charge in [-0.15, -0.1) is 0 Å². The number of hydrogen-bond donors (Lipinski definition) is 2. The van der Waals surface area contributed by atoms with Crippen LogP contribution in [0.5, 0.6) is 0 Å². The van der Waals surface area contributed by atoms with Crippen molar-refractivity contribution in [2.75, 3.05) is 45.8 Å². The van der Waals surface area contributed by atoms with E-state index >= 15 is 0 Å². The number of piperazine rings is 1. The molecule has 0 atom stereocenters. The number of benzene rings is 1. The first kappa shape index (κ1) is 18.4. The first-order chi connectivity index (χ1) is 12.1. The van der Waals surface area contributed by atoms with Crippen LogP contribution in [0.15, 0.2) is 30.3 Å². The van der Waals surface area contributed by atoms with E-state index in [4.69, 9.17) is 0 Å². The molecule has 0 aliphatic carbocycles. The molecule has 0 aromatic heterocycles. The quantitative estimate of drug-likeness (QED) is 0.823. The highest BCUT2D eigenvalue weighted by Crippen LogP contribution is 2.26. The van der Waals surface area contributed by atoms with Crippen molar-refractivity contribution in [2.45, 2.75) is 32.1 Å². The SMILES string of the molecule is CC(C)(C(=O)N1CCN(CCCC2CNNC2)CC1)c1ccccc1. The monoisotopic (exact) mass is 344 g/mol. The van der Waals surface area contributed by atoms with E-state index in [-0.39, 0.29) is 5.91 Å². The van der Waals surface area contributed by atoms with E-state index in [2.05, 4.69) is 27.9 Å². The Hall–Kier alpha value is -1.43. The molecule has 2 N–H and O–H groups in total. The zero-order chi connectivity index (χ0) is 17.7. The summed E-state index contributed by atoms with van der Waals surface area (Å²) in [6.45, 7) is 11.1. The number of hydrazine groups is 1. The fourth-order valence-corrected chi connectivity index (χ4v) is 3.86. The van der Waals surface area contributed by atoms with Crippen LogP contribution in [0.1, 0.15) is 32.3 Å². The van der Waals surface area contributed by atoms with Crippen molar-refractivity contribution in [3.63, 3.8) is 0 Å². The molecule has 0 saturated carbocycles. The molecule has 2 aliphatic rings. The molecule has 0 radical (unpaired) electrons. The summed E-state index contributed by atoms with van der Waals surface area (Å²) in [6.07, 6.45) is 2.53. The van der Waals surface area contributed by atoms with Gasteiger partial charge in [-0.25, -0.2) is 0 Å². The Morgan fingerprint density at radius 1 is 1.08 bits per heavy atom. The van der Waals surface area contributed by atoms with E-state index in [1.54, 1.807) is 0 Å². The van der Waals surface area contributed by atoms with E-state index in [9.17, 15) is 4.79 Å². The summed E-state index contributed by atoms with van der Waals surface area (Å²) in [5, 5.41) is 0. The molecular weight excluding hydrogens is 312 g/mol. The van der Waals surface area contributed by atoms with Gasteiger partial charge in [0.05, 0.1) is 5.41 Å². The van der Waals surface area contributed by atoms with Gasteiger partial charge in [0.15, 0.2) is 0 Å². The molecule has 3 rings (SSSR count). The number of carbonyl (C=O) groups excluding carboxylic acids is 1. The first-order valence-electron chi connectivity index (χ1n) is 9.60. The maximum Gasteiger partial charge on any atom is 0.232 e. The van der Waals surface area contributed by atoms with Gasteiger partial charge in [0.1, 0.15) is 0 Å². The van der Waals surface area contributed by atoms with Crippen LogP contribution in [-0.2, 0) is 10.2 Å². The minimum absolute atomic E-state index is 0.251. The van der Waals surface area contributed by atoms with Crippen LogP contribution >= 0.6 is 0 Å². The highest BCUT2D eigenvalue weighted by molar-refractivity contribution is 5.87. The molecule has 2 heterocycles. The summed E-state index contributed by atoms with van der Waals surface area (Å²) >= 11 is 0. The Balaban J connectivity index is 1.44. The Bertz CT molecular complexity index is 546. The van der Waals surface area contributed by atoms with Crippen molar-refractivity contribution in [2.24, 2.45) is 5.92 Å². The van der Waals surface area contributed by atoms with Gasteiger partial charge in [0.25, 0.3) is 0 Å². The third-order valence-electron chi connectivity index (χ3n) is 5.68. The van der Waals surface area contributed by atoms with Gasteiger partial charge in [0, 0.05) is 39.3 Å². The summed E-state index contributed by atoms with van der Waals surface area (Å²) in [6, 6.07) is 10.1. The average molecular weight is 345 g/mol. The van der Waals surface area contributed by atoms with Crippen molar-refractivity contribution in [3.8, 4) is 0 Å². The summed E-state index contributed by atoms with van der Waals surface area (Å²) in [4.78, 5) is 17.6. The molecule has 138 valence electrons. The van der Waals surface area contributed by atoms with Crippen LogP contribution < -0.4 is 10.9 Å². The fraction of sp³-hybridized carbons (Fsp3) is 0.650. The summed E-state index contributed by atoms with van der Waals surface area (Å²) in [5.74, 6) is 1.02. The molecule has 2 saturated heterocycles. The molecule has 5 heteroatoms. The molecule has 1 aromatic rings. The summed E-state index contributed by atoms with van der Waals surface area (Å²) in [7, 11) is 0. The molecule has 0 spiro atoms. The smallest absolute Gasteiger partial charge is 0.232 e. The lowest BCUT2D eigenvalue weighted by Gasteiger charge is -2.39. The predicted molar refractivity (Wildman–Crippen MR) is 101 cm³/mol. The number of rotatable bonds is 6. The molecule has 1 aromatic carbocycles. The van der Waals surface area contributed by atoms with Gasteiger partial charge in [-0.1, -0.05) is 30.3 Å². The van der Waals surface area contributed by atoms with Crippen molar-refractivity contribution >= 4 is 5.91 Å². The molecule has 0 bridgehead atoms. The van der Waals surface area contributed by atoms with E-state index in [0.717, 1.165) is 57.3 Å². The van der Waals surface area contributed by atoms with Gasteiger partial charge < -0.3 is 4.90 Å².